The molecule has 0 aliphatic carbocycles. The van der Waals surface area contributed by atoms with Gasteiger partial charge in [-0.25, -0.2) is 4.79 Å². The number of hydrogen-bond acceptors (Lipinski definition) is 2. The van der Waals surface area contributed by atoms with E-state index in [1.54, 1.807) is 18.0 Å². The summed E-state index contributed by atoms with van der Waals surface area (Å²) in [6.07, 6.45) is 3.58. The molecule has 104 valence electrons. The van der Waals surface area contributed by atoms with Gasteiger partial charge in [-0.15, -0.1) is 0 Å². The smallest absolute Gasteiger partial charge is 0.314 e. The van der Waals surface area contributed by atoms with Crippen LogP contribution in [0.5, 0.6) is 0 Å². The van der Waals surface area contributed by atoms with Crippen molar-refractivity contribution in [2.75, 3.05) is 0 Å². The first-order chi connectivity index (χ1) is 10.3. The Bertz CT molecular complexity index is 693. The van der Waals surface area contributed by atoms with Gasteiger partial charge in [0.1, 0.15) is 0 Å². The van der Waals surface area contributed by atoms with E-state index in [1.807, 2.05) is 66.7 Å². The molecule has 3 rings (SSSR count). The molecule has 3 nitrogen and oxygen atoms in total. The average Bonchev–Trinajstić information content (AvgIpc) is 2.71. The van der Waals surface area contributed by atoms with Crippen LogP contribution < -0.4 is 10.6 Å². The zero-order valence-corrected chi connectivity index (χ0v) is 12.1. The van der Waals surface area contributed by atoms with Crippen LogP contribution in [0.25, 0.3) is 5.70 Å². The van der Waals surface area contributed by atoms with E-state index in [1.165, 1.54) is 0 Å². The Balaban J connectivity index is 2.02. The predicted octanol–water partition coefficient (Wildman–Crippen LogP) is 3.97. The van der Waals surface area contributed by atoms with Crippen LogP contribution in [0.3, 0.4) is 0 Å². The van der Waals surface area contributed by atoms with Crippen molar-refractivity contribution in [2.45, 2.75) is 4.90 Å². The van der Waals surface area contributed by atoms with E-state index in [-0.39, 0.29) is 6.03 Å². The molecule has 1 heterocycles. The Kier molecular flexibility index (Phi) is 4.07. The zero-order valence-electron chi connectivity index (χ0n) is 11.2. The Morgan fingerprint density at radius 2 is 1.52 bits per heavy atom. The van der Waals surface area contributed by atoms with Crippen LogP contribution in [-0.4, -0.2) is 6.03 Å². The molecule has 0 unspecified atom stereocenters. The number of rotatable bonds is 3. The fraction of sp³-hybridized carbons (Fsp3) is 0. The third-order valence-electron chi connectivity index (χ3n) is 2.97. The van der Waals surface area contributed by atoms with Crippen LogP contribution in [0.15, 0.2) is 82.7 Å². The topological polar surface area (TPSA) is 41.1 Å². The second kappa shape index (κ2) is 6.33. The summed E-state index contributed by atoms with van der Waals surface area (Å²) < 4.78 is 0. The van der Waals surface area contributed by atoms with Gasteiger partial charge in [0.05, 0.1) is 5.70 Å². The van der Waals surface area contributed by atoms with Crippen molar-refractivity contribution >= 4 is 23.5 Å². The maximum absolute atomic E-state index is 11.7. The van der Waals surface area contributed by atoms with Crippen LogP contribution in [0.1, 0.15) is 5.56 Å². The number of carbonyl (C=O) groups is 1. The predicted molar refractivity (Wildman–Crippen MR) is 86.5 cm³/mol. The zero-order chi connectivity index (χ0) is 14.5. The van der Waals surface area contributed by atoms with Crippen LogP contribution in [0.2, 0.25) is 0 Å². The summed E-state index contributed by atoms with van der Waals surface area (Å²) in [5.41, 5.74) is 1.80. The minimum absolute atomic E-state index is 0.228. The highest BCUT2D eigenvalue weighted by molar-refractivity contribution is 8.03. The maximum atomic E-state index is 11.7. The molecule has 21 heavy (non-hydrogen) atoms. The maximum Gasteiger partial charge on any atom is 0.323 e. The number of amides is 2. The second-order valence-corrected chi connectivity index (χ2v) is 5.57. The fourth-order valence-corrected chi connectivity index (χ4v) is 2.96. The summed E-state index contributed by atoms with van der Waals surface area (Å²) in [7, 11) is 0. The third kappa shape index (κ3) is 3.35. The van der Waals surface area contributed by atoms with Gasteiger partial charge >= 0.3 is 6.03 Å². The second-order valence-electron chi connectivity index (χ2n) is 4.45. The number of carbonyl (C=O) groups excluding carboxylic acids is 1. The highest BCUT2D eigenvalue weighted by Crippen LogP contribution is 2.33. The van der Waals surface area contributed by atoms with Crippen molar-refractivity contribution in [3.05, 3.63) is 83.4 Å². The van der Waals surface area contributed by atoms with Gasteiger partial charge in [0, 0.05) is 16.0 Å². The number of hydrogen-bond donors (Lipinski definition) is 2. The summed E-state index contributed by atoms with van der Waals surface area (Å²) in [4.78, 5) is 13.9. The Morgan fingerprint density at radius 3 is 2.24 bits per heavy atom. The molecule has 0 radical (unpaired) electrons. The van der Waals surface area contributed by atoms with Gasteiger partial charge in [-0.2, -0.15) is 0 Å². The molecular formula is C17H14N2OS. The molecule has 0 saturated carbocycles. The van der Waals surface area contributed by atoms with E-state index < -0.39 is 0 Å². The molecule has 2 aromatic carbocycles. The first-order valence-electron chi connectivity index (χ1n) is 6.59. The van der Waals surface area contributed by atoms with Crippen LogP contribution >= 0.6 is 11.8 Å². The van der Waals surface area contributed by atoms with Crippen molar-refractivity contribution in [2.24, 2.45) is 0 Å². The van der Waals surface area contributed by atoms with Gasteiger partial charge < -0.3 is 10.6 Å². The van der Waals surface area contributed by atoms with Crippen molar-refractivity contribution in [1.82, 2.24) is 10.6 Å². The van der Waals surface area contributed by atoms with E-state index in [0.29, 0.717) is 0 Å². The standard InChI is InChI=1S/C17H14N2OS/c20-17-18-12-11-15(21-14-9-5-2-6-10-14)16(19-17)13-7-3-1-4-8-13/h1-12H,(H2,18,19,20). The van der Waals surface area contributed by atoms with Gasteiger partial charge in [0.25, 0.3) is 0 Å². The molecule has 0 saturated heterocycles. The lowest BCUT2D eigenvalue weighted by molar-refractivity contribution is 0.248. The first kappa shape index (κ1) is 13.5. The lowest BCUT2D eigenvalue weighted by Gasteiger charge is -2.12. The molecule has 0 fully saturated rings. The minimum atomic E-state index is -0.228. The van der Waals surface area contributed by atoms with Gasteiger partial charge in [-0.3, -0.25) is 0 Å². The van der Waals surface area contributed by atoms with Crippen molar-refractivity contribution in [3.63, 3.8) is 0 Å². The van der Waals surface area contributed by atoms with Crippen molar-refractivity contribution < 1.29 is 4.79 Å². The lowest BCUT2D eigenvalue weighted by Crippen LogP contribution is -2.29. The number of urea groups is 1. The Labute approximate surface area is 127 Å². The monoisotopic (exact) mass is 294 g/mol. The van der Waals surface area contributed by atoms with Crippen molar-refractivity contribution in [1.29, 1.82) is 0 Å². The molecule has 1 aliphatic heterocycles. The average molecular weight is 294 g/mol. The lowest BCUT2D eigenvalue weighted by atomic mass is 10.1. The number of allylic oxidation sites excluding steroid dienone is 1. The van der Waals surface area contributed by atoms with E-state index in [4.69, 9.17) is 0 Å². The van der Waals surface area contributed by atoms with E-state index >= 15 is 0 Å². The molecule has 2 aromatic rings. The molecule has 0 spiro atoms. The number of nitrogens with one attached hydrogen (secondary N) is 2. The van der Waals surface area contributed by atoms with Gasteiger partial charge in [0.2, 0.25) is 0 Å². The molecule has 4 heteroatoms. The normalized spacial score (nSPS) is 14.4. The molecule has 1 aliphatic rings. The number of benzene rings is 2. The molecule has 0 atom stereocenters. The van der Waals surface area contributed by atoms with Gasteiger partial charge in [-0.1, -0.05) is 60.3 Å². The van der Waals surface area contributed by atoms with Crippen LogP contribution in [0.4, 0.5) is 4.79 Å². The van der Waals surface area contributed by atoms with Crippen LogP contribution in [-0.2, 0) is 0 Å². The summed E-state index contributed by atoms with van der Waals surface area (Å²) in [6.45, 7) is 0. The summed E-state index contributed by atoms with van der Waals surface area (Å²) in [6, 6.07) is 19.7. The summed E-state index contributed by atoms with van der Waals surface area (Å²) >= 11 is 1.62. The summed E-state index contributed by atoms with van der Waals surface area (Å²) in [5.74, 6) is 0. The summed E-state index contributed by atoms with van der Waals surface area (Å²) in [5, 5.41) is 5.59. The molecule has 0 aromatic heterocycles. The van der Waals surface area contributed by atoms with Crippen molar-refractivity contribution in [3.8, 4) is 0 Å². The molecular weight excluding hydrogens is 280 g/mol. The SMILES string of the molecule is O=C1NC=CC(Sc2ccccc2)=C(c2ccccc2)N1. The Hall–Kier alpha value is -2.46. The molecule has 0 bridgehead atoms. The van der Waals surface area contributed by atoms with Gasteiger partial charge in [-0.05, 0) is 23.8 Å². The molecule has 2 N–H and O–H groups in total. The third-order valence-corrected chi connectivity index (χ3v) is 4.04. The first-order valence-corrected chi connectivity index (χ1v) is 7.41. The number of thioether (sulfide) groups is 1. The quantitative estimate of drug-likeness (QED) is 0.899. The Morgan fingerprint density at radius 1 is 0.857 bits per heavy atom. The van der Waals surface area contributed by atoms with Gasteiger partial charge in [0.15, 0.2) is 0 Å². The highest BCUT2D eigenvalue weighted by Gasteiger charge is 2.14. The van der Waals surface area contributed by atoms with Crippen LogP contribution in [0, 0.1) is 0 Å². The van der Waals surface area contributed by atoms with E-state index in [0.717, 1.165) is 21.1 Å². The largest absolute Gasteiger partial charge is 0.323 e. The fourth-order valence-electron chi connectivity index (χ4n) is 2.01. The highest BCUT2D eigenvalue weighted by atomic mass is 32.2. The van der Waals surface area contributed by atoms with E-state index in [2.05, 4.69) is 10.6 Å². The minimum Gasteiger partial charge on any atom is -0.314 e. The molecule has 2 amide bonds. The van der Waals surface area contributed by atoms with E-state index in [9.17, 15) is 4.79 Å².